The van der Waals surface area contributed by atoms with E-state index in [0.29, 0.717) is 5.76 Å². The van der Waals surface area contributed by atoms with Crippen molar-refractivity contribution in [2.45, 2.75) is 0 Å². The summed E-state index contributed by atoms with van der Waals surface area (Å²) in [5.41, 5.74) is 6.31. The second-order valence-electron chi connectivity index (χ2n) is 3.97. The highest BCUT2D eigenvalue weighted by Gasteiger charge is 2.24. The molecule has 2 N–H and O–H groups in total. The Morgan fingerprint density at radius 3 is 2.55 bits per heavy atom. The van der Waals surface area contributed by atoms with Crippen LogP contribution in [-0.4, -0.2) is 5.16 Å². The van der Waals surface area contributed by atoms with Crippen LogP contribution in [-0.2, 0) is 0 Å². The molecule has 0 aliphatic rings. The number of halogens is 3. The van der Waals surface area contributed by atoms with Crippen LogP contribution >= 0.6 is 23.2 Å². The van der Waals surface area contributed by atoms with Crippen molar-refractivity contribution in [3.63, 3.8) is 0 Å². The van der Waals surface area contributed by atoms with Crippen molar-refractivity contribution < 1.29 is 13.3 Å². The molecule has 20 heavy (non-hydrogen) atoms. The molecular formula is C13H7Cl2FN2O2. The van der Waals surface area contributed by atoms with E-state index in [2.05, 4.69) is 5.16 Å². The van der Waals surface area contributed by atoms with Crippen LogP contribution in [0.15, 0.2) is 39.3 Å². The number of hydrogen-bond donors (Lipinski definition) is 1. The van der Waals surface area contributed by atoms with E-state index in [1.807, 2.05) is 0 Å². The smallest absolute Gasteiger partial charge is 0.230 e. The molecular weight excluding hydrogens is 306 g/mol. The summed E-state index contributed by atoms with van der Waals surface area (Å²) in [5, 5.41) is 4.15. The first-order valence-electron chi connectivity index (χ1n) is 5.53. The van der Waals surface area contributed by atoms with E-state index in [9.17, 15) is 4.39 Å². The van der Waals surface area contributed by atoms with E-state index < -0.39 is 5.82 Å². The summed E-state index contributed by atoms with van der Waals surface area (Å²) < 4.78 is 24.2. The van der Waals surface area contributed by atoms with Crippen LogP contribution in [0.25, 0.3) is 22.6 Å². The fourth-order valence-corrected chi connectivity index (χ4v) is 2.29. The zero-order valence-corrected chi connectivity index (χ0v) is 11.4. The number of nitrogen functional groups attached to an aromatic ring is 1. The molecule has 7 heteroatoms. The van der Waals surface area contributed by atoms with Crippen LogP contribution in [0.4, 0.5) is 10.3 Å². The molecule has 0 aliphatic carbocycles. The second-order valence-corrected chi connectivity index (χ2v) is 4.75. The maximum Gasteiger partial charge on any atom is 0.230 e. The minimum atomic E-state index is -0.536. The minimum Gasteiger partial charge on any atom is -0.443 e. The minimum absolute atomic E-state index is 0.0560. The zero-order chi connectivity index (χ0) is 14.3. The number of benzene rings is 1. The summed E-state index contributed by atoms with van der Waals surface area (Å²) in [6.45, 7) is 0. The van der Waals surface area contributed by atoms with E-state index in [1.54, 1.807) is 12.1 Å². The summed E-state index contributed by atoms with van der Waals surface area (Å²) in [6.07, 6.45) is 0. The second kappa shape index (κ2) is 4.85. The molecule has 3 aromatic rings. The fourth-order valence-electron chi connectivity index (χ4n) is 1.89. The standard InChI is InChI=1S/C13H7Cl2FN2O2/c14-6-2-1-3-7(16)10(6)11-12(18-20-13(11)17)8-4-5-9(15)19-8/h1-5H,17H2. The third kappa shape index (κ3) is 2.05. The molecule has 102 valence electrons. The Kier molecular flexibility index (Phi) is 3.16. The van der Waals surface area contributed by atoms with Gasteiger partial charge in [-0.2, -0.15) is 0 Å². The molecule has 0 radical (unpaired) electrons. The summed E-state index contributed by atoms with van der Waals surface area (Å²) >= 11 is 11.8. The van der Waals surface area contributed by atoms with Gasteiger partial charge in [0.15, 0.2) is 16.7 Å². The molecule has 0 unspecified atom stereocenters. The highest BCUT2D eigenvalue weighted by atomic mass is 35.5. The largest absolute Gasteiger partial charge is 0.443 e. The van der Waals surface area contributed by atoms with E-state index in [1.165, 1.54) is 18.2 Å². The molecule has 3 rings (SSSR count). The number of anilines is 1. The molecule has 0 atom stereocenters. The Morgan fingerprint density at radius 1 is 1.10 bits per heavy atom. The van der Waals surface area contributed by atoms with Gasteiger partial charge in [-0.05, 0) is 35.9 Å². The molecule has 0 bridgehead atoms. The van der Waals surface area contributed by atoms with Gasteiger partial charge >= 0.3 is 0 Å². The topological polar surface area (TPSA) is 65.2 Å². The van der Waals surface area contributed by atoms with Gasteiger partial charge in [0.2, 0.25) is 5.88 Å². The van der Waals surface area contributed by atoms with Gasteiger partial charge < -0.3 is 14.7 Å². The first kappa shape index (κ1) is 13.0. The average molecular weight is 313 g/mol. The molecule has 2 heterocycles. The monoisotopic (exact) mass is 312 g/mol. The van der Waals surface area contributed by atoms with Crippen molar-refractivity contribution in [1.82, 2.24) is 5.16 Å². The molecule has 0 aliphatic heterocycles. The molecule has 1 aromatic carbocycles. The molecule has 0 saturated heterocycles. The lowest BCUT2D eigenvalue weighted by molar-refractivity contribution is 0.436. The lowest BCUT2D eigenvalue weighted by Gasteiger charge is -2.05. The van der Waals surface area contributed by atoms with Crippen LogP contribution in [0.5, 0.6) is 0 Å². The van der Waals surface area contributed by atoms with E-state index in [-0.39, 0.29) is 32.9 Å². The lowest BCUT2D eigenvalue weighted by Crippen LogP contribution is -1.91. The Hall–Kier alpha value is -1.98. The number of nitrogens with zero attached hydrogens (tertiary/aromatic N) is 1. The van der Waals surface area contributed by atoms with Crippen LogP contribution < -0.4 is 5.73 Å². The van der Waals surface area contributed by atoms with Gasteiger partial charge in [-0.1, -0.05) is 22.8 Å². The first-order valence-corrected chi connectivity index (χ1v) is 6.28. The number of aromatic nitrogens is 1. The van der Waals surface area contributed by atoms with Gasteiger partial charge in [0.05, 0.1) is 10.6 Å². The lowest BCUT2D eigenvalue weighted by atomic mass is 10.0. The summed E-state index contributed by atoms with van der Waals surface area (Å²) in [4.78, 5) is 0. The zero-order valence-electron chi connectivity index (χ0n) is 9.86. The predicted molar refractivity (Wildman–Crippen MR) is 74.0 cm³/mol. The Balaban J connectivity index is 2.27. The van der Waals surface area contributed by atoms with Gasteiger partial charge in [0.1, 0.15) is 5.82 Å². The van der Waals surface area contributed by atoms with E-state index in [0.717, 1.165) is 0 Å². The SMILES string of the molecule is Nc1onc(-c2ccc(Cl)o2)c1-c1c(F)cccc1Cl. The van der Waals surface area contributed by atoms with Gasteiger partial charge in [-0.15, -0.1) is 0 Å². The molecule has 4 nitrogen and oxygen atoms in total. The van der Waals surface area contributed by atoms with Gasteiger partial charge in [0, 0.05) is 5.56 Å². The van der Waals surface area contributed by atoms with E-state index >= 15 is 0 Å². The summed E-state index contributed by atoms with van der Waals surface area (Å²) in [5.74, 6) is -0.282. The first-order chi connectivity index (χ1) is 9.58. The van der Waals surface area contributed by atoms with Crippen LogP contribution in [0.3, 0.4) is 0 Å². The normalized spacial score (nSPS) is 10.9. The van der Waals surface area contributed by atoms with Gasteiger partial charge in [0.25, 0.3) is 0 Å². The highest BCUT2D eigenvalue weighted by molar-refractivity contribution is 6.33. The number of furan rings is 1. The fraction of sp³-hybridized carbons (Fsp3) is 0. The Morgan fingerprint density at radius 2 is 1.90 bits per heavy atom. The molecule has 0 spiro atoms. The predicted octanol–water partition coefficient (Wildman–Crippen LogP) is 4.63. The third-order valence-corrected chi connectivity index (χ3v) is 3.26. The van der Waals surface area contributed by atoms with Crippen molar-refractivity contribution in [2.24, 2.45) is 0 Å². The van der Waals surface area contributed by atoms with Crippen molar-refractivity contribution in [3.05, 3.63) is 46.4 Å². The van der Waals surface area contributed by atoms with E-state index in [4.69, 9.17) is 37.9 Å². The van der Waals surface area contributed by atoms with Crippen molar-refractivity contribution in [2.75, 3.05) is 5.73 Å². The van der Waals surface area contributed by atoms with Crippen molar-refractivity contribution >= 4 is 29.1 Å². The quantitative estimate of drug-likeness (QED) is 0.749. The van der Waals surface area contributed by atoms with Crippen molar-refractivity contribution in [1.29, 1.82) is 0 Å². The highest BCUT2D eigenvalue weighted by Crippen LogP contribution is 2.41. The Bertz CT molecular complexity index is 762. The van der Waals surface area contributed by atoms with Crippen molar-refractivity contribution in [3.8, 4) is 22.6 Å². The maximum atomic E-state index is 14.0. The average Bonchev–Trinajstić information content (AvgIpc) is 2.97. The van der Waals surface area contributed by atoms with Crippen LogP contribution in [0, 0.1) is 5.82 Å². The molecule has 0 fully saturated rings. The maximum absolute atomic E-state index is 14.0. The summed E-state index contributed by atoms with van der Waals surface area (Å²) in [7, 11) is 0. The van der Waals surface area contributed by atoms with Crippen LogP contribution in [0.1, 0.15) is 0 Å². The summed E-state index contributed by atoms with van der Waals surface area (Å²) in [6, 6.07) is 7.43. The number of nitrogens with two attached hydrogens (primary N) is 1. The molecule has 0 amide bonds. The number of hydrogen-bond acceptors (Lipinski definition) is 4. The Labute approximate surface area is 122 Å². The van der Waals surface area contributed by atoms with Crippen LogP contribution in [0.2, 0.25) is 10.2 Å². The van der Waals surface area contributed by atoms with Gasteiger partial charge in [-0.25, -0.2) is 4.39 Å². The van der Waals surface area contributed by atoms with Gasteiger partial charge in [-0.3, -0.25) is 0 Å². The molecule has 0 saturated carbocycles. The third-order valence-electron chi connectivity index (χ3n) is 2.74. The number of rotatable bonds is 2. The molecule has 2 aromatic heterocycles.